The number of hydrogen-bond acceptors (Lipinski definition) is 6. The van der Waals surface area contributed by atoms with Gasteiger partial charge in [-0.1, -0.05) is 0 Å². The van der Waals surface area contributed by atoms with Crippen molar-refractivity contribution >= 4 is 49.8 Å². The summed E-state index contributed by atoms with van der Waals surface area (Å²) < 4.78 is 34.1. The monoisotopic (exact) mass is 418 g/mol. The van der Waals surface area contributed by atoms with E-state index in [-0.39, 0.29) is 35.4 Å². The highest BCUT2D eigenvalue weighted by Crippen LogP contribution is 2.28. The molecule has 2 N–H and O–H groups in total. The van der Waals surface area contributed by atoms with E-state index in [4.69, 9.17) is 4.74 Å². The predicted molar refractivity (Wildman–Crippen MR) is 106 cm³/mol. The smallest absolute Gasteiger partial charge is 0.348 e. The van der Waals surface area contributed by atoms with E-state index in [0.29, 0.717) is 11.5 Å². The number of halogens is 1. The summed E-state index contributed by atoms with van der Waals surface area (Å²) in [5, 5.41) is 4.01. The van der Waals surface area contributed by atoms with Crippen LogP contribution in [0.5, 0.6) is 0 Å². The average Bonchev–Trinajstić information content (AvgIpc) is 3.00. The summed E-state index contributed by atoms with van der Waals surface area (Å²) in [6, 6.07) is 6.59. The first kappa shape index (κ1) is 21.1. The number of nitrogens with one attached hydrogen (secondary N) is 2. The van der Waals surface area contributed by atoms with Crippen molar-refractivity contribution in [1.82, 2.24) is 10.0 Å². The third-order valence-electron chi connectivity index (χ3n) is 4.34. The normalized spacial score (nSPS) is 20.5. The Balaban J connectivity index is 0.00000243. The van der Waals surface area contributed by atoms with Crippen LogP contribution in [0, 0.1) is 0 Å². The minimum atomic E-state index is -3.61. The van der Waals surface area contributed by atoms with E-state index in [0.717, 1.165) is 29.5 Å². The van der Waals surface area contributed by atoms with Gasteiger partial charge in [-0.3, -0.25) is 0 Å². The molecule has 0 radical (unpaired) electrons. The van der Waals surface area contributed by atoms with Crippen LogP contribution in [0.4, 0.5) is 0 Å². The van der Waals surface area contributed by atoms with Crippen LogP contribution in [-0.2, 0) is 14.8 Å². The van der Waals surface area contributed by atoms with Gasteiger partial charge in [0.25, 0.3) is 0 Å². The summed E-state index contributed by atoms with van der Waals surface area (Å²) in [5.74, 6) is -0.381. The average molecular weight is 419 g/mol. The molecule has 3 rings (SSSR count). The Kier molecular flexibility index (Phi) is 7.04. The summed E-state index contributed by atoms with van der Waals surface area (Å²) in [4.78, 5) is 12.5. The third kappa shape index (κ3) is 4.55. The van der Waals surface area contributed by atoms with Gasteiger partial charge in [0.15, 0.2) is 0 Å². The Morgan fingerprint density at radius 3 is 2.85 bits per heavy atom. The number of piperidine rings is 1. The number of carbonyl (C=O) groups is 1. The minimum Gasteiger partial charge on any atom is -0.462 e. The van der Waals surface area contributed by atoms with Gasteiger partial charge in [-0.25, -0.2) is 17.9 Å². The molecular formula is C17H23ClN2O4S2. The lowest BCUT2D eigenvalue weighted by atomic mass is 10.0. The summed E-state index contributed by atoms with van der Waals surface area (Å²) in [5.41, 5.74) is 0. The maximum Gasteiger partial charge on any atom is 0.348 e. The van der Waals surface area contributed by atoms with Crippen molar-refractivity contribution in [3.63, 3.8) is 0 Å². The second-order valence-corrected chi connectivity index (χ2v) is 8.94. The van der Waals surface area contributed by atoms with Crippen molar-refractivity contribution in [2.24, 2.45) is 0 Å². The van der Waals surface area contributed by atoms with Gasteiger partial charge in [-0.2, -0.15) is 0 Å². The Hall–Kier alpha value is -1.19. The van der Waals surface area contributed by atoms with Gasteiger partial charge in [0.05, 0.1) is 11.5 Å². The van der Waals surface area contributed by atoms with Crippen LogP contribution in [0.2, 0.25) is 0 Å². The number of carbonyl (C=O) groups excluding carboxylic acids is 1. The van der Waals surface area contributed by atoms with Crippen molar-refractivity contribution in [2.75, 3.05) is 13.2 Å². The van der Waals surface area contributed by atoms with Gasteiger partial charge in [-0.15, -0.1) is 23.7 Å². The zero-order valence-corrected chi connectivity index (χ0v) is 17.1. The molecule has 2 atom stereocenters. The molecule has 144 valence electrons. The molecule has 0 saturated carbocycles. The minimum absolute atomic E-state index is 0. The molecule has 0 spiro atoms. The van der Waals surface area contributed by atoms with E-state index in [1.54, 1.807) is 31.2 Å². The summed E-state index contributed by atoms with van der Waals surface area (Å²) in [6.45, 7) is 4.96. The van der Waals surface area contributed by atoms with E-state index in [2.05, 4.69) is 10.0 Å². The topological polar surface area (TPSA) is 84.5 Å². The van der Waals surface area contributed by atoms with Crippen LogP contribution in [0.25, 0.3) is 10.1 Å². The van der Waals surface area contributed by atoms with E-state index < -0.39 is 10.0 Å². The first-order valence-corrected chi connectivity index (χ1v) is 10.7. The Morgan fingerprint density at radius 2 is 2.15 bits per heavy atom. The second-order valence-electron chi connectivity index (χ2n) is 6.14. The first-order valence-electron chi connectivity index (χ1n) is 8.37. The molecule has 1 aliphatic heterocycles. The Morgan fingerprint density at radius 1 is 1.38 bits per heavy atom. The number of ether oxygens (including phenoxy) is 1. The molecule has 1 aliphatic rings. The van der Waals surface area contributed by atoms with Crippen molar-refractivity contribution in [3.8, 4) is 0 Å². The fourth-order valence-corrected chi connectivity index (χ4v) is 5.29. The predicted octanol–water partition coefficient (Wildman–Crippen LogP) is 2.92. The second kappa shape index (κ2) is 8.67. The Bertz CT molecular complexity index is 882. The van der Waals surface area contributed by atoms with Gasteiger partial charge in [0.1, 0.15) is 4.88 Å². The number of benzene rings is 1. The first-order chi connectivity index (χ1) is 11.9. The molecule has 26 heavy (non-hydrogen) atoms. The maximum absolute atomic E-state index is 12.7. The van der Waals surface area contributed by atoms with Gasteiger partial charge in [0, 0.05) is 16.8 Å². The van der Waals surface area contributed by atoms with Crippen LogP contribution < -0.4 is 10.0 Å². The van der Waals surface area contributed by atoms with Gasteiger partial charge in [0.2, 0.25) is 10.0 Å². The molecule has 1 aromatic heterocycles. The van der Waals surface area contributed by atoms with Crippen molar-refractivity contribution in [3.05, 3.63) is 29.1 Å². The molecule has 0 aliphatic carbocycles. The standard InChI is InChI=1S/C17H22N2O4S2.ClH/c1-3-23-17(20)16-10-12-9-13(6-7-15(12)24-16)25(21,22)19-14-5-4-8-18-11(14)2;/h6-7,9-11,14,18-19H,3-5,8H2,1-2H3;1H. The number of thiophene rings is 1. The fourth-order valence-electron chi connectivity index (χ4n) is 2.96. The van der Waals surface area contributed by atoms with Crippen molar-refractivity contribution in [1.29, 1.82) is 0 Å². The lowest BCUT2D eigenvalue weighted by Gasteiger charge is -2.30. The van der Waals surface area contributed by atoms with E-state index in [1.165, 1.54) is 11.3 Å². The number of sulfonamides is 1. The summed E-state index contributed by atoms with van der Waals surface area (Å²) >= 11 is 1.30. The van der Waals surface area contributed by atoms with Gasteiger partial charge >= 0.3 is 5.97 Å². The van der Waals surface area contributed by atoms with Crippen LogP contribution in [0.1, 0.15) is 36.4 Å². The molecule has 1 saturated heterocycles. The fraction of sp³-hybridized carbons (Fsp3) is 0.471. The highest BCUT2D eigenvalue weighted by molar-refractivity contribution is 7.89. The van der Waals surface area contributed by atoms with E-state index in [1.807, 2.05) is 6.92 Å². The number of fused-ring (bicyclic) bond motifs is 1. The molecule has 0 amide bonds. The quantitative estimate of drug-likeness (QED) is 0.729. The number of hydrogen-bond donors (Lipinski definition) is 2. The lowest BCUT2D eigenvalue weighted by molar-refractivity contribution is 0.0532. The molecule has 9 heteroatoms. The molecule has 2 unspecified atom stereocenters. The van der Waals surface area contributed by atoms with Gasteiger partial charge in [-0.05, 0) is 62.9 Å². The SMILES string of the molecule is CCOC(=O)c1cc2cc(S(=O)(=O)NC3CCCNC3C)ccc2s1.Cl. The molecule has 1 fully saturated rings. The highest BCUT2D eigenvalue weighted by Gasteiger charge is 2.26. The molecule has 2 aromatic rings. The maximum atomic E-state index is 12.7. The van der Waals surface area contributed by atoms with Crippen LogP contribution >= 0.6 is 23.7 Å². The molecule has 0 bridgehead atoms. The molecule has 2 heterocycles. The van der Waals surface area contributed by atoms with Gasteiger partial charge < -0.3 is 10.1 Å². The zero-order chi connectivity index (χ0) is 18.0. The van der Waals surface area contributed by atoms with Crippen LogP contribution in [0.15, 0.2) is 29.2 Å². The van der Waals surface area contributed by atoms with E-state index >= 15 is 0 Å². The Labute approximate surface area is 163 Å². The highest BCUT2D eigenvalue weighted by atomic mass is 35.5. The van der Waals surface area contributed by atoms with Crippen LogP contribution in [0.3, 0.4) is 0 Å². The molecule has 1 aromatic carbocycles. The molecule has 6 nitrogen and oxygen atoms in total. The lowest BCUT2D eigenvalue weighted by Crippen LogP contribution is -2.51. The zero-order valence-electron chi connectivity index (χ0n) is 14.7. The van der Waals surface area contributed by atoms with E-state index in [9.17, 15) is 13.2 Å². The molecular weight excluding hydrogens is 396 g/mol. The largest absolute Gasteiger partial charge is 0.462 e. The van der Waals surface area contributed by atoms with Crippen molar-refractivity contribution in [2.45, 2.75) is 43.7 Å². The summed E-state index contributed by atoms with van der Waals surface area (Å²) in [6.07, 6.45) is 1.77. The number of esters is 1. The van der Waals surface area contributed by atoms with Crippen LogP contribution in [-0.4, -0.2) is 39.6 Å². The summed E-state index contributed by atoms with van der Waals surface area (Å²) in [7, 11) is -3.61. The third-order valence-corrected chi connectivity index (χ3v) is 6.93. The van der Waals surface area contributed by atoms with Crippen molar-refractivity contribution < 1.29 is 17.9 Å². The number of rotatable bonds is 5.